The molecule has 2 aromatic heterocycles. The zero-order chi connectivity index (χ0) is 18.8. The van der Waals surface area contributed by atoms with E-state index < -0.39 is 5.76 Å². The lowest BCUT2D eigenvalue weighted by Gasteiger charge is -2.09. The topological polar surface area (TPSA) is 74.6 Å². The van der Waals surface area contributed by atoms with Gasteiger partial charge >= 0.3 is 11.4 Å². The summed E-state index contributed by atoms with van der Waals surface area (Å²) in [6.45, 7) is 2.71. The molecule has 6 nitrogen and oxygen atoms in total. The number of nitrogens with zero attached hydrogens (tertiary/aromatic N) is 1. The van der Waals surface area contributed by atoms with Crippen LogP contribution in [-0.2, 0) is 13.0 Å². The number of fused-ring (bicyclic) bond motifs is 2. The molecule has 6 heteroatoms. The smallest absolute Gasteiger partial charge is 0.420 e. The fourth-order valence-corrected chi connectivity index (χ4v) is 3.26. The zero-order valence-electron chi connectivity index (χ0n) is 14.9. The molecule has 0 spiro atoms. The number of rotatable bonds is 6. The Balaban J connectivity index is 1.54. The summed E-state index contributed by atoms with van der Waals surface area (Å²) < 4.78 is 17.8. The highest BCUT2D eigenvalue weighted by Gasteiger charge is 2.09. The van der Waals surface area contributed by atoms with Crippen molar-refractivity contribution >= 4 is 22.1 Å². The molecule has 0 radical (unpaired) electrons. The summed E-state index contributed by atoms with van der Waals surface area (Å²) in [5.41, 5.74) is 2.42. The van der Waals surface area contributed by atoms with Gasteiger partial charge in [0.2, 0.25) is 0 Å². The van der Waals surface area contributed by atoms with E-state index in [9.17, 15) is 9.59 Å². The van der Waals surface area contributed by atoms with Crippen molar-refractivity contribution in [3.63, 3.8) is 0 Å². The third kappa shape index (κ3) is 3.38. The Hall–Kier alpha value is -3.28. The molecule has 138 valence electrons. The van der Waals surface area contributed by atoms with Gasteiger partial charge in [-0.05, 0) is 36.2 Å². The summed E-state index contributed by atoms with van der Waals surface area (Å²) >= 11 is 0. The molecule has 0 fully saturated rings. The van der Waals surface area contributed by atoms with Crippen LogP contribution >= 0.6 is 0 Å². The lowest BCUT2D eigenvalue weighted by molar-refractivity contribution is 0.294. The van der Waals surface area contributed by atoms with Crippen molar-refractivity contribution in [1.82, 2.24) is 4.57 Å². The minimum atomic E-state index is -0.409. The fraction of sp³-hybridized carbons (Fsp3) is 0.238. The molecule has 4 rings (SSSR count). The van der Waals surface area contributed by atoms with Gasteiger partial charge in [0.15, 0.2) is 5.58 Å². The molecule has 0 aliphatic heterocycles. The Kier molecular flexibility index (Phi) is 4.54. The number of para-hydroxylation sites is 2. The predicted octanol–water partition coefficient (Wildman–Crippen LogP) is 3.73. The highest BCUT2D eigenvalue weighted by Crippen LogP contribution is 2.23. The summed E-state index contributed by atoms with van der Waals surface area (Å²) in [7, 11) is 0. The summed E-state index contributed by atoms with van der Waals surface area (Å²) in [6.07, 6.45) is 1.77. The van der Waals surface area contributed by atoms with Gasteiger partial charge < -0.3 is 13.6 Å². The average Bonchev–Trinajstić information content (AvgIpc) is 2.97. The first-order chi connectivity index (χ1) is 13.2. The minimum absolute atomic E-state index is 0.286. The van der Waals surface area contributed by atoms with E-state index in [1.807, 2.05) is 30.3 Å². The highest BCUT2D eigenvalue weighted by molar-refractivity contribution is 5.81. The summed E-state index contributed by atoms with van der Waals surface area (Å²) in [5.74, 6) is 0.175. The van der Waals surface area contributed by atoms with Gasteiger partial charge in [-0.1, -0.05) is 25.5 Å². The van der Waals surface area contributed by atoms with E-state index in [0.29, 0.717) is 23.5 Å². The second-order valence-corrected chi connectivity index (χ2v) is 6.33. The van der Waals surface area contributed by atoms with Gasteiger partial charge in [0, 0.05) is 17.5 Å². The number of hydrogen-bond donors (Lipinski definition) is 0. The van der Waals surface area contributed by atoms with Crippen LogP contribution in [0.4, 0.5) is 0 Å². The van der Waals surface area contributed by atoms with Crippen molar-refractivity contribution in [2.24, 2.45) is 0 Å². The van der Waals surface area contributed by atoms with Gasteiger partial charge in [0.1, 0.15) is 17.9 Å². The van der Waals surface area contributed by atoms with Gasteiger partial charge in [-0.25, -0.2) is 9.59 Å². The highest BCUT2D eigenvalue weighted by atomic mass is 16.5. The Morgan fingerprint density at radius 1 is 1.00 bits per heavy atom. The van der Waals surface area contributed by atoms with E-state index in [0.717, 1.165) is 29.3 Å². The maximum absolute atomic E-state index is 12.0. The van der Waals surface area contributed by atoms with E-state index >= 15 is 0 Å². The Labute approximate surface area is 154 Å². The van der Waals surface area contributed by atoms with Gasteiger partial charge in [-0.15, -0.1) is 0 Å². The number of aromatic nitrogens is 1. The first-order valence-corrected chi connectivity index (χ1v) is 8.93. The Morgan fingerprint density at radius 3 is 2.70 bits per heavy atom. The van der Waals surface area contributed by atoms with Crippen LogP contribution in [0.15, 0.2) is 67.0 Å². The maximum atomic E-state index is 12.0. The van der Waals surface area contributed by atoms with Crippen LogP contribution in [0, 0.1) is 0 Å². The SMILES string of the molecule is CCCc1cc(=O)oc2cc(OCCn3c(=O)oc4ccccc43)ccc12. The molecule has 0 aliphatic rings. The van der Waals surface area contributed by atoms with Crippen molar-refractivity contribution in [1.29, 1.82) is 0 Å². The summed E-state index contributed by atoms with van der Waals surface area (Å²) in [6, 6.07) is 14.3. The first kappa shape index (κ1) is 17.1. The Morgan fingerprint density at radius 2 is 1.85 bits per heavy atom. The fourth-order valence-electron chi connectivity index (χ4n) is 3.26. The molecule has 0 saturated carbocycles. The van der Waals surface area contributed by atoms with Crippen LogP contribution in [0.25, 0.3) is 22.1 Å². The third-order valence-corrected chi connectivity index (χ3v) is 4.48. The molecule has 0 aliphatic carbocycles. The summed E-state index contributed by atoms with van der Waals surface area (Å²) in [5, 5.41) is 0.917. The van der Waals surface area contributed by atoms with E-state index in [4.69, 9.17) is 13.6 Å². The number of oxazole rings is 1. The van der Waals surface area contributed by atoms with Crippen molar-refractivity contribution in [3.05, 3.63) is 75.1 Å². The molecule has 2 heterocycles. The van der Waals surface area contributed by atoms with Crippen LogP contribution in [0.3, 0.4) is 0 Å². The molecular weight excluding hydrogens is 346 g/mol. The largest absolute Gasteiger partial charge is 0.492 e. The van der Waals surface area contributed by atoms with Crippen molar-refractivity contribution in [3.8, 4) is 5.75 Å². The van der Waals surface area contributed by atoms with E-state index in [2.05, 4.69) is 6.92 Å². The van der Waals surface area contributed by atoms with Crippen LogP contribution in [0.1, 0.15) is 18.9 Å². The molecule has 0 atom stereocenters. The van der Waals surface area contributed by atoms with Gasteiger partial charge in [-0.3, -0.25) is 4.57 Å². The average molecular weight is 365 g/mol. The van der Waals surface area contributed by atoms with E-state index in [1.54, 1.807) is 18.2 Å². The third-order valence-electron chi connectivity index (χ3n) is 4.48. The quantitative estimate of drug-likeness (QED) is 0.487. The maximum Gasteiger partial charge on any atom is 0.420 e. The standard InChI is InChI=1S/C21H19NO5/c1-2-5-14-12-20(23)26-19-13-15(8-9-16(14)19)25-11-10-22-17-6-3-4-7-18(17)27-21(22)24/h3-4,6-9,12-13H,2,5,10-11H2,1H3. The molecule has 2 aromatic carbocycles. The van der Waals surface area contributed by atoms with E-state index in [-0.39, 0.29) is 12.2 Å². The lowest BCUT2D eigenvalue weighted by Crippen LogP contribution is -2.18. The van der Waals surface area contributed by atoms with Crippen molar-refractivity contribution in [2.75, 3.05) is 6.61 Å². The number of ether oxygens (including phenoxy) is 1. The van der Waals surface area contributed by atoms with Gasteiger partial charge in [0.05, 0.1) is 12.1 Å². The number of hydrogen-bond acceptors (Lipinski definition) is 5. The molecule has 27 heavy (non-hydrogen) atoms. The van der Waals surface area contributed by atoms with Crippen molar-refractivity contribution < 1.29 is 13.6 Å². The lowest BCUT2D eigenvalue weighted by atomic mass is 10.1. The van der Waals surface area contributed by atoms with Crippen LogP contribution < -0.4 is 16.1 Å². The zero-order valence-corrected chi connectivity index (χ0v) is 14.9. The number of aryl methyl sites for hydroxylation is 1. The first-order valence-electron chi connectivity index (χ1n) is 8.93. The second kappa shape index (κ2) is 7.15. The Bertz CT molecular complexity index is 1210. The molecule has 0 unspecified atom stereocenters. The molecule has 0 bridgehead atoms. The van der Waals surface area contributed by atoms with Gasteiger partial charge in [-0.2, -0.15) is 0 Å². The predicted molar refractivity (Wildman–Crippen MR) is 102 cm³/mol. The molecular formula is C21H19NO5. The van der Waals surface area contributed by atoms with Crippen LogP contribution in [0.2, 0.25) is 0 Å². The molecule has 4 aromatic rings. The minimum Gasteiger partial charge on any atom is -0.492 e. The van der Waals surface area contributed by atoms with Crippen molar-refractivity contribution in [2.45, 2.75) is 26.3 Å². The summed E-state index contributed by atoms with van der Waals surface area (Å²) in [4.78, 5) is 23.7. The van der Waals surface area contributed by atoms with E-state index in [1.165, 1.54) is 4.57 Å². The van der Waals surface area contributed by atoms with Gasteiger partial charge in [0.25, 0.3) is 0 Å². The normalized spacial score (nSPS) is 11.3. The molecule has 0 N–H and O–H groups in total. The van der Waals surface area contributed by atoms with Crippen LogP contribution in [-0.4, -0.2) is 11.2 Å². The monoisotopic (exact) mass is 365 g/mol. The molecule has 0 saturated heterocycles. The number of benzene rings is 2. The molecule has 0 amide bonds. The second-order valence-electron chi connectivity index (χ2n) is 6.33. The van der Waals surface area contributed by atoms with Crippen LogP contribution in [0.5, 0.6) is 5.75 Å².